The number of H-pyrrole nitrogens is 1. The maximum absolute atomic E-state index is 13.4. The number of quaternary nitrogens is 1. The molecule has 3 rings (SSSR count). The molecular weight excluding hydrogens is 415 g/mol. The predicted molar refractivity (Wildman–Crippen MR) is 105 cm³/mol. The lowest BCUT2D eigenvalue weighted by Crippen LogP contribution is -2.69. The number of halogens is 3. The first-order valence-corrected chi connectivity index (χ1v) is 9.36. The third-order valence-electron chi connectivity index (χ3n) is 4.92. The largest absolute Gasteiger partial charge is 0.508 e. The molecule has 0 radical (unpaired) electrons. The summed E-state index contributed by atoms with van der Waals surface area (Å²) < 4.78 is 40.1. The minimum atomic E-state index is -4.56. The Morgan fingerprint density at radius 2 is 1.77 bits per heavy atom. The second-order valence-electron chi connectivity index (χ2n) is 7.21. The van der Waals surface area contributed by atoms with E-state index in [0.717, 1.165) is 6.07 Å². The van der Waals surface area contributed by atoms with E-state index in [0.29, 0.717) is 5.56 Å². The van der Waals surface area contributed by atoms with Crippen molar-refractivity contribution in [3.8, 4) is 5.75 Å². The Labute approximate surface area is 174 Å². The molecule has 7 N–H and O–H groups in total. The Kier molecular flexibility index (Phi) is 6.21. The number of aromatic amines is 1. The number of carboxylic acids is 1. The van der Waals surface area contributed by atoms with Gasteiger partial charge in [-0.2, -0.15) is 13.2 Å². The number of phenolic OH excluding ortho intramolecular Hbond substituents is 1. The summed E-state index contributed by atoms with van der Waals surface area (Å²) in [6.45, 7) is 0. The maximum atomic E-state index is 13.4. The highest BCUT2D eigenvalue weighted by Crippen LogP contribution is 2.36. The van der Waals surface area contributed by atoms with Gasteiger partial charge in [-0.1, -0.05) is 18.2 Å². The molecule has 3 aromatic rings. The van der Waals surface area contributed by atoms with Crippen LogP contribution in [0.2, 0.25) is 0 Å². The number of hydrogen-bond donors (Lipinski definition) is 5. The summed E-state index contributed by atoms with van der Waals surface area (Å²) in [5.74, 6) is -1.93. The summed E-state index contributed by atoms with van der Waals surface area (Å²) in [4.78, 5) is 26.9. The van der Waals surface area contributed by atoms with Crippen LogP contribution in [0.1, 0.15) is 16.7 Å². The van der Waals surface area contributed by atoms with E-state index in [-0.39, 0.29) is 35.1 Å². The van der Waals surface area contributed by atoms with Crippen molar-refractivity contribution in [3.05, 3.63) is 65.4 Å². The summed E-state index contributed by atoms with van der Waals surface area (Å²) in [5.41, 5.74) is 4.03. The molecule has 10 heteroatoms. The summed E-state index contributed by atoms with van der Waals surface area (Å²) >= 11 is 0. The molecule has 164 valence electrons. The lowest BCUT2D eigenvalue weighted by Gasteiger charge is -2.17. The monoisotopic (exact) mass is 436 g/mol. The summed E-state index contributed by atoms with van der Waals surface area (Å²) in [6, 6.07) is 7.36. The molecule has 0 saturated heterocycles. The van der Waals surface area contributed by atoms with E-state index in [1.807, 2.05) is 0 Å². The van der Waals surface area contributed by atoms with E-state index >= 15 is 0 Å². The van der Waals surface area contributed by atoms with E-state index in [2.05, 4.69) is 16.0 Å². The fraction of sp³-hybridized carbons (Fsp3) is 0.238. The van der Waals surface area contributed by atoms with Crippen molar-refractivity contribution in [3.63, 3.8) is 0 Å². The lowest BCUT2D eigenvalue weighted by molar-refractivity contribution is -0.403. The molecule has 0 aliphatic rings. The van der Waals surface area contributed by atoms with E-state index in [1.165, 1.54) is 42.6 Å². The van der Waals surface area contributed by atoms with Crippen molar-refractivity contribution in [2.24, 2.45) is 0 Å². The summed E-state index contributed by atoms with van der Waals surface area (Å²) in [6.07, 6.45) is -3.30. The number of hydrogen-bond acceptors (Lipinski definition) is 3. The van der Waals surface area contributed by atoms with Gasteiger partial charge in [0.2, 0.25) is 0 Å². The Hall–Kier alpha value is -3.53. The lowest BCUT2D eigenvalue weighted by atomic mass is 10.00. The molecule has 0 bridgehead atoms. The van der Waals surface area contributed by atoms with Crippen molar-refractivity contribution in [2.75, 3.05) is 0 Å². The Morgan fingerprint density at radius 1 is 1.10 bits per heavy atom. The van der Waals surface area contributed by atoms with Gasteiger partial charge >= 0.3 is 12.1 Å². The highest BCUT2D eigenvalue weighted by atomic mass is 19.4. The maximum Gasteiger partial charge on any atom is 0.417 e. The molecule has 2 aromatic carbocycles. The first-order chi connectivity index (χ1) is 14.6. The second-order valence-corrected chi connectivity index (χ2v) is 7.21. The number of benzene rings is 2. The average molecular weight is 436 g/mol. The number of rotatable bonds is 7. The normalized spacial score (nSPS) is 13.7. The van der Waals surface area contributed by atoms with Crippen molar-refractivity contribution >= 4 is 22.8 Å². The molecule has 0 unspecified atom stereocenters. The number of carbonyl (C=O) groups is 2. The number of carboxylic acid groups (broad SMARTS) is 1. The standard InChI is InChI=1S/C21H20F3N3O4/c22-21(23,24)14-2-1-3-16-18(14)12(10-26-16)9-15(25)19(29)27-17(20(30)31)8-11-4-6-13(28)7-5-11/h1-7,10,15,17,26,28H,8-9,25H2,(H,27,29)(H,30,31)/p+1/t15-,17-/m0/s1. The smallest absolute Gasteiger partial charge is 0.417 e. The first-order valence-electron chi connectivity index (χ1n) is 9.36. The number of aromatic hydroxyl groups is 1. The van der Waals surface area contributed by atoms with Crippen molar-refractivity contribution in [1.82, 2.24) is 10.3 Å². The van der Waals surface area contributed by atoms with Crippen LogP contribution in [0, 0.1) is 0 Å². The SMILES string of the molecule is [NH3+][C@@H](Cc1c[nH]c2cccc(C(F)(F)F)c12)C(=O)N[C@@H](Cc1ccc(O)cc1)C(=O)O. The van der Waals surface area contributed by atoms with Gasteiger partial charge in [0.15, 0.2) is 6.04 Å². The quantitative estimate of drug-likeness (QED) is 0.387. The minimum Gasteiger partial charge on any atom is -0.508 e. The topological polar surface area (TPSA) is 130 Å². The van der Waals surface area contributed by atoms with E-state index in [1.54, 1.807) is 0 Å². The van der Waals surface area contributed by atoms with Gasteiger partial charge in [-0.3, -0.25) is 4.79 Å². The number of phenols is 1. The van der Waals surface area contributed by atoms with Gasteiger partial charge in [0.05, 0.1) is 5.56 Å². The molecule has 0 aliphatic heterocycles. The van der Waals surface area contributed by atoms with Gasteiger partial charge in [0.25, 0.3) is 5.91 Å². The molecule has 0 saturated carbocycles. The zero-order valence-electron chi connectivity index (χ0n) is 16.2. The molecule has 0 fully saturated rings. The van der Waals surface area contributed by atoms with Gasteiger partial charge in [-0.05, 0) is 35.4 Å². The molecule has 1 aromatic heterocycles. The zero-order chi connectivity index (χ0) is 22.8. The van der Waals surface area contributed by atoms with Gasteiger partial charge in [0.1, 0.15) is 11.8 Å². The number of alkyl halides is 3. The highest BCUT2D eigenvalue weighted by molar-refractivity contribution is 5.89. The van der Waals surface area contributed by atoms with Crippen LogP contribution in [0.25, 0.3) is 10.9 Å². The van der Waals surface area contributed by atoms with Crippen LogP contribution in [0.4, 0.5) is 13.2 Å². The number of fused-ring (bicyclic) bond motifs is 1. The van der Waals surface area contributed by atoms with Crippen LogP contribution >= 0.6 is 0 Å². The third kappa shape index (κ3) is 5.15. The summed E-state index contributed by atoms with van der Waals surface area (Å²) in [5, 5.41) is 21.1. The number of nitrogens with one attached hydrogen (secondary N) is 2. The minimum absolute atomic E-state index is 0.0226. The van der Waals surface area contributed by atoms with Crippen LogP contribution in [0.3, 0.4) is 0 Å². The molecule has 1 amide bonds. The van der Waals surface area contributed by atoms with E-state index in [4.69, 9.17) is 0 Å². The van der Waals surface area contributed by atoms with Gasteiger partial charge < -0.3 is 26.2 Å². The average Bonchev–Trinajstić information content (AvgIpc) is 3.11. The van der Waals surface area contributed by atoms with Gasteiger partial charge in [-0.25, -0.2) is 4.79 Å². The molecule has 0 spiro atoms. The molecule has 0 aliphatic carbocycles. The third-order valence-corrected chi connectivity index (χ3v) is 4.92. The Bertz CT molecular complexity index is 1090. The van der Waals surface area contributed by atoms with E-state index in [9.17, 15) is 33.0 Å². The molecule has 7 nitrogen and oxygen atoms in total. The Balaban J connectivity index is 1.75. The van der Waals surface area contributed by atoms with Crippen LogP contribution in [0.15, 0.2) is 48.7 Å². The van der Waals surface area contributed by atoms with Crippen LogP contribution in [0.5, 0.6) is 5.75 Å². The molecular formula is C21H21F3N3O4+. The molecule has 2 atom stereocenters. The van der Waals surface area contributed by atoms with Crippen molar-refractivity contribution in [2.45, 2.75) is 31.1 Å². The van der Waals surface area contributed by atoms with Crippen molar-refractivity contribution < 1.29 is 38.7 Å². The number of carbonyl (C=O) groups excluding carboxylic acids is 1. The molecule has 31 heavy (non-hydrogen) atoms. The summed E-state index contributed by atoms with van der Waals surface area (Å²) in [7, 11) is 0. The fourth-order valence-electron chi connectivity index (χ4n) is 3.37. The Morgan fingerprint density at radius 3 is 2.39 bits per heavy atom. The predicted octanol–water partition coefficient (Wildman–Crippen LogP) is 1.86. The van der Waals surface area contributed by atoms with Crippen LogP contribution in [-0.4, -0.2) is 39.2 Å². The van der Waals surface area contributed by atoms with Crippen LogP contribution < -0.4 is 11.1 Å². The van der Waals surface area contributed by atoms with Gasteiger partial charge in [-0.15, -0.1) is 0 Å². The highest BCUT2D eigenvalue weighted by Gasteiger charge is 2.34. The number of aliphatic carboxylic acids is 1. The fourth-order valence-corrected chi connectivity index (χ4v) is 3.37. The number of amides is 1. The second kappa shape index (κ2) is 8.68. The van der Waals surface area contributed by atoms with E-state index < -0.39 is 35.7 Å². The zero-order valence-corrected chi connectivity index (χ0v) is 16.2. The van der Waals surface area contributed by atoms with Crippen molar-refractivity contribution in [1.29, 1.82) is 0 Å². The number of aromatic nitrogens is 1. The van der Waals surface area contributed by atoms with Gasteiger partial charge in [0, 0.05) is 29.9 Å². The first kappa shape index (κ1) is 22.2. The van der Waals surface area contributed by atoms with Crippen LogP contribution in [-0.2, 0) is 28.6 Å². The molecule has 1 heterocycles.